The molecule has 0 heterocycles. The summed E-state index contributed by atoms with van der Waals surface area (Å²) in [6.07, 6.45) is 0. The second kappa shape index (κ2) is 8.32. The zero-order chi connectivity index (χ0) is 19.2. The first-order valence-electron chi connectivity index (χ1n) is 8.92. The van der Waals surface area contributed by atoms with E-state index in [-0.39, 0.29) is 17.9 Å². The van der Waals surface area contributed by atoms with Crippen molar-refractivity contribution in [1.82, 2.24) is 5.01 Å². The van der Waals surface area contributed by atoms with Gasteiger partial charge in [-0.2, -0.15) is 0 Å². The van der Waals surface area contributed by atoms with Gasteiger partial charge < -0.3 is 0 Å². The van der Waals surface area contributed by atoms with Crippen LogP contribution < -0.4 is 5.01 Å². The maximum Gasteiger partial charge on any atom is 0.277 e. The van der Waals surface area contributed by atoms with Crippen LogP contribution in [0, 0.1) is 0 Å². The molecule has 3 aromatic rings. The fraction of sp³-hybridized carbons (Fsp3) is 0.130. The molecule has 0 fully saturated rings. The number of anilines is 1. The summed E-state index contributed by atoms with van der Waals surface area (Å²) in [5.41, 5.74) is 1.70. The quantitative estimate of drug-likeness (QED) is 0.629. The van der Waals surface area contributed by atoms with Crippen LogP contribution in [0.1, 0.15) is 34.6 Å². The molecule has 0 bridgehead atoms. The third-order valence-corrected chi connectivity index (χ3v) is 4.15. The van der Waals surface area contributed by atoms with Crippen LogP contribution >= 0.6 is 0 Å². The minimum absolute atomic E-state index is 0.217. The van der Waals surface area contributed by atoms with Gasteiger partial charge in [0, 0.05) is 17.2 Å². The van der Waals surface area contributed by atoms with Crippen LogP contribution in [0.25, 0.3) is 0 Å². The van der Waals surface area contributed by atoms with Gasteiger partial charge in [-0.15, -0.1) is 0 Å². The Morgan fingerprint density at radius 3 is 1.48 bits per heavy atom. The molecule has 0 aromatic heterocycles. The minimum Gasteiger partial charge on any atom is -0.267 e. The number of hydrogen-bond donors (Lipinski definition) is 0. The number of rotatable bonds is 4. The Kier molecular flexibility index (Phi) is 5.67. The average Bonchev–Trinajstić information content (AvgIpc) is 2.72. The van der Waals surface area contributed by atoms with Crippen LogP contribution in [0.3, 0.4) is 0 Å². The van der Waals surface area contributed by atoms with Crippen molar-refractivity contribution in [2.24, 2.45) is 0 Å². The predicted molar refractivity (Wildman–Crippen MR) is 107 cm³/mol. The first-order chi connectivity index (χ1) is 13.1. The van der Waals surface area contributed by atoms with Gasteiger partial charge in [-0.05, 0) is 50.2 Å². The number of hydrogen-bond acceptors (Lipinski definition) is 2. The third-order valence-electron chi connectivity index (χ3n) is 4.15. The van der Waals surface area contributed by atoms with E-state index in [0.717, 1.165) is 0 Å². The Bertz CT molecular complexity index is 893. The minimum atomic E-state index is -0.250. The van der Waals surface area contributed by atoms with Crippen LogP contribution in [0.15, 0.2) is 91.0 Å². The molecule has 0 unspecified atom stereocenters. The molecule has 27 heavy (non-hydrogen) atoms. The van der Waals surface area contributed by atoms with Crippen LogP contribution in [0.4, 0.5) is 5.69 Å². The van der Waals surface area contributed by atoms with Crippen molar-refractivity contribution < 1.29 is 9.59 Å². The first kappa shape index (κ1) is 18.4. The normalized spacial score (nSPS) is 10.5. The first-order valence-corrected chi connectivity index (χ1v) is 8.92. The highest BCUT2D eigenvalue weighted by Crippen LogP contribution is 2.23. The Balaban J connectivity index is 2.09. The summed E-state index contributed by atoms with van der Waals surface area (Å²) in [6.45, 7) is 3.80. The summed E-state index contributed by atoms with van der Waals surface area (Å²) in [5, 5.41) is 2.98. The lowest BCUT2D eigenvalue weighted by atomic mass is 10.1. The van der Waals surface area contributed by atoms with Gasteiger partial charge in [-0.3, -0.25) is 9.59 Å². The second-order valence-corrected chi connectivity index (χ2v) is 6.43. The van der Waals surface area contributed by atoms with E-state index >= 15 is 0 Å². The van der Waals surface area contributed by atoms with Gasteiger partial charge in [0.05, 0.1) is 5.69 Å². The van der Waals surface area contributed by atoms with Crippen LogP contribution in [0.2, 0.25) is 0 Å². The number of para-hydroxylation sites is 1. The highest BCUT2D eigenvalue weighted by Gasteiger charge is 2.31. The Morgan fingerprint density at radius 2 is 1.04 bits per heavy atom. The number of carbonyl (C=O) groups is 2. The number of amides is 2. The van der Waals surface area contributed by atoms with E-state index in [1.807, 2.05) is 80.6 Å². The Labute approximate surface area is 159 Å². The molecule has 0 N–H and O–H groups in total. The summed E-state index contributed by atoms with van der Waals surface area (Å²) in [6, 6.07) is 27.0. The third kappa shape index (κ3) is 4.06. The van der Waals surface area contributed by atoms with E-state index < -0.39 is 0 Å². The largest absolute Gasteiger partial charge is 0.277 e. The van der Waals surface area contributed by atoms with Crippen molar-refractivity contribution >= 4 is 17.5 Å². The van der Waals surface area contributed by atoms with Crippen molar-refractivity contribution in [3.63, 3.8) is 0 Å². The molecule has 0 spiro atoms. The standard InChI is InChI=1S/C23H22N2O2/c1-18(2)24(22(26)19-12-6-3-7-13-19)25(21-16-10-5-11-17-21)23(27)20-14-8-4-9-15-20/h3-18H,1-2H3. The topological polar surface area (TPSA) is 40.6 Å². The van der Waals surface area contributed by atoms with Crippen LogP contribution in [0.5, 0.6) is 0 Å². The van der Waals surface area contributed by atoms with Gasteiger partial charge in [-0.25, -0.2) is 10.0 Å². The number of benzene rings is 3. The van der Waals surface area contributed by atoms with E-state index in [4.69, 9.17) is 0 Å². The van der Waals surface area contributed by atoms with Gasteiger partial charge in [0.25, 0.3) is 11.8 Å². The SMILES string of the molecule is CC(C)N(C(=O)c1ccccc1)N(C(=O)c1ccccc1)c1ccccc1. The van der Waals surface area contributed by atoms with E-state index in [2.05, 4.69) is 0 Å². The fourth-order valence-corrected chi connectivity index (χ4v) is 2.88. The Hall–Kier alpha value is -3.40. The number of carbonyl (C=O) groups excluding carboxylic acids is 2. The smallest absolute Gasteiger partial charge is 0.267 e. The van der Waals surface area contributed by atoms with Gasteiger partial charge >= 0.3 is 0 Å². The molecule has 0 aliphatic heterocycles. The van der Waals surface area contributed by atoms with Crippen LogP contribution in [-0.4, -0.2) is 22.9 Å². The van der Waals surface area contributed by atoms with Crippen molar-refractivity contribution in [3.8, 4) is 0 Å². The molecule has 0 aliphatic rings. The van der Waals surface area contributed by atoms with Gasteiger partial charge in [0.15, 0.2) is 0 Å². The summed E-state index contributed by atoms with van der Waals surface area (Å²) in [5.74, 6) is -0.474. The summed E-state index contributed by atoms with van der Waals surface area (Å²) in [7, 11) is 0. The molecule has 3 aromatic carbocycles. The zero-order valence-electron chi connectivity index (χ0n) is 15.4. The molecule has 0 atom stereocenters. The van der Waals surface area contributed by atoms with Gasteiger partial charge in [0.1, 0.15) is 0 Å². The predicted octanol–water partition coefficient (Wildman–Crippen LogP) is 4.80. The summed E-state index contributed by atoms with van der Waals surface area (Å²) >= 11 is 0. The van der Waals surface area contributed by atoms with Crippen molar-refractivity contribution in [3.05, 3.63) is 102 Å². The monoisotopic (exact) mass is 358 g/mol. The number of nitrogens with zero attached hydrogens (tertiary/aromatic N) is 2. The molecule has 0 saturated heterocycles. The van der Waals surface area contributed by atoms with Crippen LogP contribution in [-0.2, 0) is 0 Å². The molecular formula is C23H22N2O2. The van der Waals surface area contributed by atoms with Crippen molar-refractivity contribution in [1.29, 1.82) is 0 Å². The van der Waals surface area contributed by atoms with Crippen molar-refractivity contribution in [2.75, 3.05) is 5.01 Å². The Morgan fingerprint density at radius 1 is 0.630 bits per heavy atom. The van der Waals surface area contributed by atoms with Crippen molar-refractivity contribution in [2.45, 2.75) is 19.9 Å². The summed E-state index contributed by atoms with van der Waals surface area (Å²) < 4.78 is 0. The lowest BCUT2D eigenvalue weighted by Crippen LogP contribution is -2.53. The maximum atomic E-state index is 13.4. The molecular weight excluding hydrogens is 336 g/mol. The van der Waals surface area contributed by atoms with Gasteiger partial charge in [0.2, 0.25) is 0 Å². The highest BCUT2D eigenvalue weighted by atomic mass is 16.2. The lowest BCUT2D eigenvalue weighted by molar-refractivity contribution is 0.0622. The molecule has 0 saturated carbocycles. The molecule has 136 valence electrons. The molecule has 0 aliphatic carbocycles. The lowest BCUT2D eigenvalue weighted by Gasteiger charge is -2.37. The average molecular weight is 358 g/mol. The molecule has 0 radical (unpaired) electrons. The van der Waals surface area contributed by atoms with E-state index in [0.29, 0.717) is 16.8 Å². The fourth-order valence-electron chi connectivity index (χ4n) is 2.88. The summed E-state index contributed by atoms with van der Waals surface area (Å²) in [4.78, 5) is 26.6. The molecule has 2 amide bonds. The molecule has 4 heteroatoms. The second-order valence-electron chi connectivity index (χ2n) is 6.43. The molecule has 3 rings (SSSR count). The van der Waals surface area contributed by atoms with E-state index in [9.17, 15) is 9.59 Å². The van der Waals surface area contributed by atoms with E-state index in [1.165, 1.54) is 10.0 Å². The number of hydrazine groups is 1. The van der Waals surface area contributed by atoms with E-state index in [1.54, 1.807) is 24.3 Å². The highest BCUT2D eigenvalue weighted by molar-refractivity contribution is 6.09. The maximum absolute atomic E-state index is 13.4. The molecule has 4 nitrogen and oxygen atoms in total. The van der Waals surface area contributed by atoms with Gasteiger partial charge in [-0.1, -0.05) is 54.6 Å². The zero-order valence-corrected chi connectivity index (χ0v) is 15.4.